The largest absolute Gasteiger partial charge is 0.375 e. The third-order valence-electron chi connectivity index (χ3n) is 3.49. The van der Waals surface area contributed by atoms with Crippen molar-refractivity contribution in [3.05, 3.63) is 70.8 Å². The third kappa shape index (κ3) is 3.03. The standard InChI is InChI=1S/C17H21NO/c1-12-9-10-15(13(2)11-12)16(18)17(19-3)14-7-5-4-6-8-14/h4-11,16-17H,18H2,1-3H3. The molecule has 2 nitrogen and oxygen atoms in total. The normalized spacial score (nSPS) is 14.1. The Balaban J connectivity index is 2.33. The Labute approximate surface area is 115 Å². The van der Waals surface area contributed by atoms with Gasteiger partial charge < -0.3 is 10.5 Å². The Morgan fingerprint density at radius 2 is 1.68 bits per heavy atom. The molecule has 2 unspecified atom stereocenters. The zero-order chi connectivity index (χ0) is 13.8. The highest BCUT2D eigenvalue weighted by molar-refractivity contribution is 5.35. The van der Waals surface area contributed by atoms with E-state index in [0.717, 1.165) is 11.1 Å². The summed E-state index contributed by atoms with van der Waals surface area (Å²) in [4.78, 5) is 0. The van der Waals surface area contributed by atoms with Gasteiger partial charge in [0.1, 0.15) is 6.10 Å². The first-order valence-electron chi connectivity index (χ1n) is 6.54. The highest BCUT2D eigenvalue weighted by Gasteiger charge is 2.22. The van der Waals surface area contributed by atoms with Crippen LogP contribution in [-0.2, 0) is 4.74 Å². The van der Waals surface area contributed by atoms with E-state index in [2.05, 4.69) is 44.2 Å². The highest BCUT2D eigenvalue weighted by Crippen LogP contribution is 2.31. The lowest BCUT2D eigenvalue weighted by Crippen LogP contribution is -2.22. The molecule has 0 heterocycles. The monoisotopic (exact) mass is 255 g/mol. The average molecular weight is 255 g/mol. The predicted molar refractivity (Wildman–Crippen MR) is 79.0 cm³/mol. The summed E-state index contributed by atoms with van der Waals surface area (Å²) in [6.07, 6.45) is -0.123. The molecule has 2 atom stereocenters. The Hall–Kier alpha value is -1.64. The van der Waals surface area contributed by atoms with Crippen LogP contribution in [-0.4, -0.2) is 7.11 Å². The quantitative estimate of drug-likeness (QED) is 0.904. The Morgan fingerprint density at radius 1 is 1.00 bits per heavy atom. The molecule has 19 heavy (non-hydrogen) atoms. The van der Waals surface area contributed by atoms with E-state index < -0.39 is 0 Å². The maximum absolute atomic E-state index is 6.41. The molecule has 0 fully saturated rings. The van der Waals surface area contributed by atoms with Gasteiger partial charge in [0.25, 0.3) is 0 Å². The van der Waals surface area contributed by atoms with Gasteiger partial charge in [-0.15, -0.1) is 0 Å². The van der Waals surface area contributed by atoms with Crippen LogP contribution in [0.1, 0.15) is 34.4 Å². The van der Waals surface area contributed by atoms with Crippen LogP contribution in [0.5, 0.6) is 0 Å². The number of aryl methyl sites for hydroxylation is 2. The Bertz CT molecular complexity index is 536. The van der Waals surface area contributed by atoms with Crippen LogP contribution < -0.4 is 5.73 Å². The van der Waals surface area contributed by atoms with Gasteiger partial charge in [-0.1, -0.05) is 54.1 Å². The molecule has 0 radical (unpaired) electrons. The lowest BCUT2D eigenvalue weighted by atomic mass is 9.92. The van der Waals surface area contributed by atoms with Crippen LogP contribution in [0.15, 0.2) is 48.5 Å². The van der Waals surface area contributed by atoms with Crippen LogP contribution in [0.25, 0.3) is 0 Å². The van der Waals surface area contributed by atoms with Gasteiger partial charge in [0, 0.05) is 7.11 Å². The summed E-state index contributed by atoms with van der Waals surface area (Å²) in [7, 11) is 1.71. The molecule has 2 N–H and O–H groups in total. The fourth-order valence-electron chi connectivity index (χ4n) is 2.50. The summed E-state index contributed by atoms with van der Waals surface area (Å²) >= 11 is 0. The van der Waals surface area contributed by atoms with Gasteiger partial charge in [0.2, 0.25) is 0 Å². The second-order valence-electron chi connectivity index (χ2n) is 4.95. The minimum Gasteiger partial charge on any atom is -0.375 e. The zero-order valence-corrected chi connectivity index (χ0v) is 11.8. The first kappa shape index (κ1) is 13.8. The van der Waals surface area contributed by atoms with Crippen molar-refractivity contribution in [2.24, 2.45) is 5.73 Å². The molecule has 0 bridgehead atoms. The summed E-state index contributed by atoms with van der Waals surface area (Å²) in [6.45, 7) is 4.19. The molecule has 2 rings (SSSR count). The van der Waals surface area contributed by atoms with Gasteiger partial charge in [-0.2, -0.15) is 0 Å². The molecule has 2 aromatic carbocycles. The van der Waals surface area contributed by atoms with Crippen LogP contribution in [0.4, 0.5) is 0 Å². The average Bonchev–Trinajstić information content (AvgIpc) is 2.40. The summed E-state index contributed by atoms with van der Waals surface area (Å²) in [5.74, 6) is 0. The van der Waals surface area contributed by atoms with E-state index in [1.165, 1.54) is 11.1 Å². The van der Waals surface area contributed by atoms with Crippen molar-refractivity contribution in [3.8, 4) is 0 Å². The molecule has 0 saturated heterocycles. The molecule has 0 aromatic heterocycles. The molecule has 2 heteroatoms. The van der Waals surface area contributed by atoms with Gasteiger partial charge in [-0.3, -0.25) is 0 Å². The van der Waals surface area contributed by atoms with Gasteiger partial charge >= 0.3 is 0 Å². The number of hydrogen-bond acceptors (Lipinski definition) is 2. The minimum atomic E-state index is -0.159. The Morgan fingerprint density at radius 3 is 2.26 bits per heavy atom. The van der Waals surface area contributed by atoms with Crippen LogP contribution in [0.3, 0.4) is 0 Å². The fourth-order valence-corrected chi connectivity index (χ4v) is 2.50. The van der Waals surface area contributed by atoms with Crippen molar-refractivity contribution in [2.45, 2.75) is 26.0 Å². The summed E-state index contributed by atoms with van der Waals surface area (Å²) in [6, 6.07) is 16.3. The van der Waals surface area contributed by atoms with Crippen molar-refractivity contribution in [3.63, 3.8) is 0 Å². The van der Waals surface area contributed by atoms with Gasteiger partial charge in [-0.05, 0) is 30.5 Å². The van der Waals surface area contributed by atoms with Gasteiger partial charge in [-0.25, -0.2) is 0 Å². The molecule has 100 valence electrons. The first-order chi connectivity index (χ1) is 9.13. The predicted octanol–water partition coefficient (Wildman–Crippen LogP) is 3.69. The van der Waals surface area contributed by atoms with E-state index in [4.69, 9.17) is 10.5 Å². The van der Waals surface area contributed by atoms with Crippen molar-refractivity contribution in [1.29, 1.82) is 0 Å². The molecular weight excluding hydrogens is 234 g/mol. The maximum Gasteiger partial charge on any atom is 0.101 e. The third-order valence-corrected chi connectivity index (χ3v) is 3.49. The van der Waals surface area contributed by atoms with E-state index in [-0.39, 0.29) is 12.1 Å². The molecule has 2 aromatic rings. The smallest absolute Gasteiger partial charge is 0.101 e. The molecule has 0 aliphatic rings. The minimum absolute atomic E-state index is 0.123. The van der Waals surface area contributed by atoms with Gasteiger partial charge in [0.15, 0.2) is 0 Å². The van der Waals surface area contributed by atoms with E-state index >= 15 is 0 Å². The number of rotatable bonds is 4. The maximum atomic E-state index is 6.41. The number of ether oxygens (including phenoxy) is 1. The lowest BCUT2D eigenvalue weighted by Gasteiger charge is -2.25. The number of methoxy groups -OCH3 is 1. The van der Waals surface area contributed by atoms with E-state index in [9.17, 15) is 0 Å². The first-order valence-corrected chi connectivity index (χ1v) is 6.54. The van der Waals surface area contributed by atoms with Crippen molar-refractivity contribution in [2.75, 3.05) is 7.11 Å². The van der Waals surface area contributed by atoms with Crippen LogP contribution >= 0.6 is 0 Å². The number of hydrogen-bond donors (Lipinski definition) is 1. The van der Waals surface area contributed by atoms with E-state index in [0.29, 0.717) is 0 Å². The van der Waals surface area contributed by atoms with Crippen LogP contribution in [0, 0.1) is 13.8 Å². The van der Waals surface area contributed by atoms with E-state index in [1.54, 1.807) is 7.11 Å². The van der Waals surface area contributed by atoms with Crippen molar-refractivity contribution < 1.29 is 4.74 Å². The van der Waals surface area contributed by atoms with Crippen LogP contribution in [0.2, 0.25) is 0 Å². The molecule has 0 aliphatic carbocycles. The Kier molecular flexibility index (Phi) is 4.35. The summed E-state index contributed by atoms with van der Waals surface area (Å²) in [5.41, 5.74) is 11.1. The molecule has 0 amide bonds. The molecule has 0 spiro atoms. The summed E-state index contributed by atoms with van der Waals surface area (Å²) in [5, 5.41) is 0. The number of nitrogens with two attached hydrogens (primary N) is 1. The van der Waals surface area contributed by atoms with E-state index in [1.807, 2.05) is 18.2 Å². The molecule has 0 saturated carbocycles. The second kappa shape index (κ2) is 6.00. The lowest BCUT2D eigenvalue weighted by molar-refractivity contribution is 0.0800. The van der Waals surface area contributed by atoms with Crippen molar-refractivity contribution in [1.82, 2.24) is 0 Å². The molecule has 0 aliphatic heterocycles. The molecular formula is C17H21NO. The van der Waals surface area contributed by atoms with Crippen molar-refractivity contribution >= 4 is 0 Å². The summed E-state index contributed by atoms with van der Waals surface area (Å²) < 4.78 is 5.61. The van der Waals surface area contributed by atoms with Gasteiger partial charge in [0.05, 0.1) is 6.04 Å². The highest BCUT2D eigenvalue weighted by atomic mass is 16.5. The zero-order valence-electron chi connectivity index (χ0n) is 11.8. The topological polar surface area (TPSA) is 35.2 Å². The second-order valence-corrected chi connectivity index (χ2v) is 4.95. The number of benzene rings is 2. The fraction of sp³-hybridized carbons (Fsp3) is 0.294. The SMILES string of the molecule is COC(c1ccccc1)C(N)c1ccc(C)cc1C.